The molecule has 0 fully saturated rings. The number of hydrogen-bond donors (Lipinski definition) is 2. The van der Waals surface area contributed by atoms with Crippen LogP contribution in [0.5, 0.6) is 5.75 Å². The second-order valence-electron chi connectivity index (χ2n) is 3.71. The van der Waals surface area contributed by atoms with Crippen molar-refractivity contribution in [2.24, 2.45) is 10.8 Å². The summed E-state index contributed by atoms with van der Waals surface area (Å²) in [6, 6.07) is 6.29. The smallest absolute Gasteiger partial charge is 0.332 e. The Morgan fingerprint density at radius 2 is 2.25 bits per heavy atom. The van der Waals surface area contributed by atoms with Crippen molar-refractivity contribution >= 4 is 18.2 Å². The number of esters is 1. The second-order valence-corrected chi connectivity index (χ2v) is 3.71. The first-order valence-electron chi connectivity index (χ1n) is 6.09. The van der Waals surface area contributed by atoms with Crippen LogP contribution in [0.2, 0.25) is 0 Å². The number of amides is 2. The molecule has 1 aromatic rings. The van der Waals surface area contributed by atoms with Crippen molar-refractivity contribution in [1.82, 2.24) is 5.43 Å². The third-order valence-electron chi connectivity index (χ3n) is 2.13. The van der Waals surface area contributed by atoms with Crippen molar-refractivity contribution in [3.8, 4) is 5.75 Å². The zero-order chi connectivity index (χ0) is 14.8. The lowest BCUT2D eigenvalue weighted by atomic mass is 10.2. The van der Waals surface area contributed by atoms with Crippen molar-refractivity contribution in [2.75, 3.05) is 13.2 Å². The number of primary amides is 1. The van der Waals surface area contributed by atoms with Crippen LogP contribution in [-0.4, -0.2) is 31.4 Å². The Morgan fingerprint density at radius 1 is 1.45 bits per heavy atom. The molecule has 0 spiro atoms. The zero-order valence-corrected chi connectivity index (χ0v) is 11.2. The van der Waals surface area contributed by atoms with Gasteiger partial charge < -0.3 is 15.2 Å². The van der Waals surface area contributed by atoms with E-state index in [1.54, 1.807) is 31.2 Å². The number of carbonyl (C=O) groups is 2. The number of rotatable bonds is 7. The van der Waals surface area contributed by atoms with E-state index < -0.39 is 6.03 Å². The normalized spacial score (nSPS) is 10.2. The predicted octanol–water partition coefficient (Wildman–Crippen LogP) is 1.02. The average molecular weight is 279 g/mol. The van der Waals surface area contributed by atoms with Gasteiger partial charge in [-0.25, -0.2) is 10.2 Å². The van der Waals surface area contributed by atoms with E-state index in [1.165, 1.54) is 6.21 Å². The van der Waals surface area contributed by atoms with Crippen LogP contribution in [0.15, 0.2) is 29.4 Å². The first-order valence-corrected chi connectivity index (χ1v) is 6.09. The number of hydrogen-bond acceptors (Lipinski definition) is 5. The number of carbonyl (C=O) groups excluding carboxylic acids is 2. The van der Waals surface area contributed by atoms with Crippen LogP contribution in [0, 0.1) is 0 Å². The molecule has 7 heteroatoms. The lowest BCUT2D eigenvalue weighted by Crippen LogP contribution is -2.24. The maximum absolute atomic E-state index is 11.1. The van der Waals surface area contributed by atoms with E-state index >= 15 is 0 Å². The Labute approximate surface area is 116 Å². The van der Waals surface area contributed by atoms with E-state index in [9.17, 15) is 9.59 Å². The minimum Gasteiger partial charge on any atom is -0.493 e. The molecule has 7 nitrogen and oxygen atoms in total. The third-order valence-corrected chi connectivity index (χ3v) is 2.13. The molecule has 3 N–H and O–H groups in total. The molecule has 2 amide bonds. The Kier molecular flexibility index (Phi) is 6.60. The SMILES string of the molecule is CCOC(=O)CCOc1cccc(C=NNC(N)=O)c1. The molecular formula is C13H17N3O4. The van der Waals surface area contributed by atoms with Gasteiger partial charge in [-0.15, -0.1) is 0 Å². The fraction of sp³-hybridized carbons (Fsp3) is 0.308. The monoisotopic (exact) mass is 279 g/mol. The highest BCUT2D eigenvalue weighted by Gasteiger charge is 2.02. The molecule has 0 heterocycles. The summed E-state index contributed by atoms with van der Waals surface area (Å²) in [4.78, 5) is 21.6. The predicted molar refractivity (Wildman–Crippen MR) is 73.5 cm³/mol. The fourth-order valence-electron chi connectivity index (χ4n) is 1.34. The van der Waals surface area contributed by atoms with Crippen LogP contribution in [0.25, 0.3) is 0 Å². The van der Waals surface area contributed by atoms with Crippen molar-refractivity contribution in [1.29, 1.82) is 0 Å². The first kappa shape index (κ1) is 15.5. The minimum absolute atomic E-state index is 0.190. The molecule has 0 aliphatic carbocycles. The average Bonchev–Trinajstić information content (AvgIpc) is 2.39. The van der Waals surface area contributed by atoms with E-state index in [4.69, 9.17) is 15.2 Å². The number of nitrogens with zero attached hydrogens (tertiary/aromatic N) is 1. The molecule has 20 heavy (non-hydrogen) atoms. The highest BCUT2D eigenvalue weighted by molar-refractivity contribution is 5.81. The van der Waals surface area contributed by atoms with E-state index in [2.05, 4.69) is 10.5 Å². The Morgan fingerprint density at radius 3 is 2.95 bits per heavy atom. The molecule has 0 unspecified atom stereocenters. The molecule has 1 aromatic carbocycles. The van der Waals surface area contributed by atoms with Gasteiger partial charge in [-0.2, -0.15) is 5.10 Å². The molecule has 0 aromatic heterocycles. The van der Waals surface area contributed by atoms with Crippen LogP contribution >= 0.6 is 0 Å². The van der Waals surface area contributed by atoms with Gasteiger partial charge in [0.2, 0.25) is 0 Å². The Balaban J connectivity index is 2.45. The van der Waals surface area contributed by atoms with E-state index in [1.807, 2.05) is 0 Å². The highest BCUT2D eigenvalue weighted by atomic mass is 16.5. The van der Waals surface area contributed by atoms with Gasteiger partial charge in [-0.3, -0.25) is 4.79 Å². The lowest BCUT2D eigenvalue weighted by molar-refractivity contribution is -0.143. The molecule has 0 saturated heterocycles. The fourth-order valence-corrected chi connectivity index (χ4v) is 1.34. The summed E-state index contributed by atoms with van der Waals surface area (Å²) >= 11 is 0. The van der Waals surface area contributed by atoms with Gasteiger partial charge in [0.25, 0.3) is 0 Å². The molecule has 0 aliphatic heterocycles. The number of nitrogens with two attached hydrogens (primary N) is 1. The number of urea groups is 1. The van der Waals surface area contributed by atoms with Crippen molar-refractivity contribution in [3.05, 3.63) is 29.8 Å². The summed E-state index contributed by atoms with van der Waals surface area (Å²) in [6.07, 6.45) is 1.62. The van der Waals surface area contributed by atoms with Gasteiger partial charge in [0.15, 0.2) is 0 Å². The van der Waals surface area contributed by atoms with E-state index in [0.29, 0.717) is 12.4 Å². The van der Waals surface area contributed by atoms with Crippen molar-refractivity contribution < 1.29 is 19.1 Å². The van der Waals surface area contributed by atoms with Gasteiger partial charge in [0.1, 0.15) is 5.75 Å². The molecule has 0 bridgehead atoms. The Hall–Kier alpha value is -2.57. The van der Waals surface area contributed by atoms with Gasteiger partial charge in [-0.1, -0.05) is 12.1 Å². The molecular weight excluding hydrogens is 262 g/mol. The third kappa shape index (κ3) is 6.39. The summed E-state index contributed by atoms with van der Waals surface area (Å²) in [5.41, 5.74) is 7.69. The molecule has 1 rings (SSSR count). The highest BCUT2D eigenvalue weighted by Crippen LogP contribution is 2.12. The quantitative estimate of drug-likeness (QED) is 0.442. The molecule has 0 aliphatic rings. The summed E-state index contributed by atoms with van der Waals surface area (Å²) in [6.45, 7) is 2.35. The van der Waals surface area contributed by atoms with Crippen LogP contribution in [0.4, 0.5) is 4.79 Å². The maximum Gasteiger partial charge on any atom is 0.332 e. The van der Waals surface area contributed by atoms with E-state index in [-0.39, 0.29) is 19.0 Å². The minimum atomic E-state index is -0.733. The van der Waals surface area contributed by atoms with Crippen LogP contribution < -0.4 is 15.9 Å². The van der Waals surface area contributed by atoms with Crippen LogP contribution in [0.1, 0.15) is 18.9 Å². The number of ether oxygens (including phenoxy) is 2. The number of benzene rings is 1. The van der Waals surface area contributed by atoms with Gasteiger partial charge in [0.05, 0.1) is 25.8 Å². The number of nitrogens with one attached hydrogen (secondary N) is 1. The first-order chi connectivity index (χ1) is 9.61. The van der Waals surface area contributed by atoms with Crippen LogP contribution in [-0.2, 0) is 9.53 Å². The molecule has 108 valence electrons. The van der Waals surface area contributed by atoms with Crippen LogP contribution in [0.3, 0.4) is 0 Å². The number of hydrazone groups is 1. The largest absolute Gasteiger partial charge is 0.493 e. The topological polar surface area (TPSA) is 103 Å². The standard InChI is InChI=1S/C13H17N3O4/c1-2-19-12(17)6-7-20-11-5-3-4-10(8-11)9-15-16-13(14)18/h3-5,8-9H,2,6-7H2,1H3,(H3,14,16,18). The Bertz CT molecular complexity index is 488. The summed E-state index contributed by atoms with van der Waals surface area (Å²) in [5, 5.41) is 3.64. The van der Waals surface area contributed by atoms with Gasteiger partial charge in [-0.05, 0) is 24.6 Å². The molecule has 0 radical (unpaired) electrons. The summed E-state index contributed by atoms with van der Waals surface area (Å²) in [5.74, 6) is 0.299. The molecule has 0 saturated carbocycles. The summed E-state index contributed by atoms with van der Waals surface area (Å²) < 4.78 is 10.2. The van der Waals surface area contributed by atoms with E-state index in [0.717, 1.165) is 5.56 Å². The second kappa shape index (κ2) is 8.52. The lowest BCUT2D eigenvalue weighted by Gasteiger charge is -2.06. The maximum atomic E-state index is 11.1. The van der Waals surface area contributed by atoms with Crippen molar-refractivity contribution in [2.45, 2.75) is 13.3 Å². The summed E-state index contributed by atoms with van der Waals surface area (Å²) in [7, 11) is 0. The van der Waals surface area contributed by atoms with Gasteiger partial charge >= 0.3 is 12.0 Å². The van der Waals surface area contributed by atoms with Gasteiger partial charge in [0, 0.05) is 0 Å². The molecule has 0 atom stereocenters. The van der Waals surface area contributed by atoms with Crippen molar-refractivity contribution in [3.63, 3.8) is 0 Å². The zero-order valence-electron chi connectivity index (χ0n) is 11.2.